The van der Waals surface area contributed by atoms with Gasteiger partial charge in [-0.3, -0.25) is 4.90 Å². The molecule has 3 heteroatoms. The minimum absolute atomic E-state index is 0.161. The molecule has 0 aromatic rings. The number of nitrogens with zero attached hydrogens (tertiary/aromatic N) is 1. The summed E-state index contributed by atoms with van der Waals surface area (Å²) in [6, 6.07) is 0. The van der Waals surface area contributed by atoms with E-state index in [2.05, 4.69) is 67.3 Å². The van der Waals surface area contributed by atoms with Crippen LogP contribution in [0.3, 0.4) is 0 Å². The van der Waals surface area contributed by atoms with Crippen LogP contribution in [-0.4, -0.2) is 48.4 Å². The van der Waals surface area contributed by atoms with Crippen LogP contribution in [0.2, 0.25) is 0 Å². The Kier molecular flexibility index (Phi) is 11.4. The van der Waals surface area contributed by atoms with E-state index in [1.807, 2.05) is 0 Å². The maximum absolute atomic E-state index is 6.10. The quantitative estimate of drug-likeness (QED) is 0.406. The summed E-state index contributed by atoms with van der Waals surface area (Å²) in [6.07, 6.45) is 7.35. The second-order valence-corrected chi connectivity index (χ2v) is 7.99. The standard InChI is InChI=1S/C21H45NO2/c1-10-19(11-2)24-17-15-21(8,13-4)22(9)20(7,12-3)14-16-23-18(5)6/h18-19H,10-17H2,1-9H3. The van der Waals surface area contributed by atoms with Crippen molar-refractivity contribution in [3.05, 3.63) is 0 Å². The van der Waals surface area contributed by atoms with E-state index in [4.69, 9.17) is 9.47 Å². The van der Waals surface area contributed by atoms with E-state index in [9.17, 15) is 0 Å². The third-order valence-electron chi connectivity index (χ3n) is 6.14. The van der Waals surface area contributed by atoms with Gasteiger partial charge in [-0.1, -0.05) is 27.7 Å². The van der Waals surface area contributed by atoms with Gasteiger partial charge in [0, 0.05) is 24.3 Å². The van der Waals surface area contributed by atoms with Crippen LogP contribution in [0.1, 0.15) is 93.9 Å². The Labute approximate surface area is 152 Å². The molecule has 0 saturated heterocycles. The predicted octanol–water partition coefficient (Wildman–Crippen LogP) is 5.67. The third kappa shape index (κ3) is 7.41. The van der Waals surface area contributed by atoms with Crippen molar-refractivity contribution in [1.29, 1.82) is 0 Å². The summed E-state index contributed by atoms with van der Waals surface area (Å²) in [4.78, 5) is 2.60. The fourth-order valence-electron chi connectivity index (χ4n) is 3.30. The fraction of sp³-hybridized carbons (Fsp3) is 1.00. The molecule has 0 aromatic carbocycles. The molecule has 0 radical (unpaired) electrons. The van der Waals surface area contributed by atoms with Crippen molar-refractivity contribution in [3.8, 4) is 0 Å². The Bertz CT molecular complexity index is 317. The second-order valence-electron chi connectivity index (χ2n) is 7.99. The monoisotopic (exact) mass is 343 g/mol. The number of hydrogen-bond acceptors (Lipinski definition) is 3. The molecule has 146 valence electrons. The first-order valence-electron chi connectivity index (χ1n) is 10.2. The minimum Gasteiger partial charge on any atom is -0.379 e. The summed E-state index contributed by atoms with van der Waals surface area (Å²) in [6.45, 7) is 19.7. The molecule has 0 N–H and O–H groups in total. The molecular weight excluding hydrogens is 298 g/mol. The first-order chi connectivity index (χ1) is 11.2. The highest BCUT2D eigenvalue weighted by Gasteiger charge is 2.38. The van der Waals surface area contributed by atoms with Gasteiger partial charge < -0.3 is 9.47 Å². The summed E-state index contributed by atoms with van der Waals surface area (Å²) in [5, 5.41) is 0. The highest BCUT2D eigenvalue weighted by atomic mass is 16.5. The Morgan fingerprint density at radius 3 is 1.54 bits per heavy atom. The lowest BCUT2D eigenvalue weighted by atomic mass is 9.84. The summed E-state index contributed by atoms with van der Waals surface area (Å²) < 4.78 is 11.9. The van der Waals surface area contributed by atoms with Crippen molar-refractivity contribution in [1.82, 2.24) is 4.90 Å². The Morgan fingerprint density at radius 2 is 1.21 bits per heavy atom. The molecule has 0 aliphatic rings. The van der Waals surface area contributed by atoms with Crippen molar-refractivity contribution in [2.24, 2.45) is 0 Å². The van der Waals surface area contributed by atoms with E-state index in [0.29, 0.717) is 12.2 Å². The molecule has 0 aliphatic heterocycles. The summed E-state index contributed by atoms with van der Waals surface area (Å²) in [7, 11) is 2.29. The molecule has 0 aliphatic carbocycles. The predicted molar refractivity (Wildman–Crippen MR) is 106 cm³/mol. The Hall–Kier alpha value is -0.120. The lowest BCUT2D eigenvalue weighted by Crippen LogP contribution is -2.56. The molecule has 3 nitrogen and oxygen atoms in total. The lowest BCUT2D eigenvalue weighted by molar-refractivity contribution is -0.0401. The fourth-order valence-corrected chi connectivity index (χ4v) is 3.30. The van der Waals surface area contributed by atoms with Gasteiger partial charge in [-0.15, -0.1) is 0 Å². The van der Waals surface area contributed by atoms with Crippen LogP contribution in [0.15, 0.2) is 0 Å². The van der Waals surface area contributed by atoms with E-state index >= 15 is 0 Å². The molecule has 0 rings (SSSR count). The van der Waals surface area contributed by atoms with Crippen LogP contribution in [-0.2, 0) is 9.47 Å². The van der Waals surface area contributed by atoms with Gasteiger partial charge >= 0.3 is 0 Å². The van der Waals surface area contributed by atoms with Gasteiger partial charge in [0.2, 0.25) is 0 Å². The molecule has 0 saturated carbocycles. The van der Waals surface area contributed by atoms with E-state index in [1.165, 1.54) is 0 Å². The minimum atomic E-state index is 0.161. The van der Waals surface area contributed by atoms with Crippen molar-refractivity contribution < 1.29 is 9.47 Å². The van der Waals surface area contributed by atoms with Gasteiger partial charge in [-0.25, -0.2) is 0 Å². The number of hydrogen-bond donors (Lipinski definition) is 0. The van der Waals surface area contributed by atoms with Crippen LogP contribution in [0.25, 0.3) is 0 Å². The summed E-state index contributed by atoms with van der Waals surface area (Å²) in [5.74, 6) is 0. The van der Waals surface area contributed by atoms with Gasteiger partial charge in [-0.2, -0.15) is 0 Å². The molecule has 24 heavy (non-hydrogen) atoms. The van der Waals surface area contributed by atoms with Crippen molar-refractivity contribution in [2.75, 3.05) is 20.3 Å². The SMILES string of the molecule is CCC(CC)OCCC(C)(CC)N(C)C(C)(CC)CCOC(C)C. The van der Waals surface area contributed by atoms with Gasteiger partial charge in [0.25, 0.3) is 0 Å². The average Bonchev–Trinajstić information content (AvgIpc) is 2.57. The van der Waals surface area contributed by atoms with Crippen LogP contribution >= 0.6 is 0 Å². The van der Waals surface area contributed by atoms with E-state index in [-0.39, 0.29) is 11.1 Å². The van der Waals surface area contributed by atoms with Crippen molar-refractivity contribution in [2.45, 2.75) is 117 Å². The molecule has 0 spiro atoms. The Balaban J connectivity index is 4.82. The first-order valence-corrected chi connectivity index (χ1v) is 10.2. The summed E-state index contributed by atoms with van der Waals surface area (Å²) >= 11 is 0. The van der Waals surface area contributed by atoms with Crippen molar-refractivity contribution in [3.63, 3.8) is 0 Å². The van der Waals surface area contributed by atoms with E-state index < -0.39 is 0 Å². The zero-order chi connectivity index (χ0) is 18.8. The first kappa shape index (κ1) is 23.9. The van der Waals surface area contributed by atoms with Crippen LogP contribution < -0.4 is 0 Å². The normalized spacial score (nSPS) is 17.5. The molecule has 2 atom stereocenters. The topological polar surface area (TPSA) is 21.7 Å². The maximum Gasteiger partial charge on any atom is 0.0569 e. The van der Waals surface area contributed by atoms with E-state index in [1.54, 1.807) is 0 Å². The molecule has 0 bridgehead atoms. The van der Waals surface area contributed by atoms with Gasteiger partial charge in [0.05, 0.1) is 12.2 Å². The van der Waals surface area contributed by atoms with Crippen LogP contribution in [0.5, 0.6) is 0 Å². The number of ether oxygens (including phenoxy) is 2. The molecule has 0 aromatic heterocycles. The Morgan fingerprint density at radius 1 is 0.792 bits per heavy atom. The highest BCUT2D eigenvalue weighted by Crippen LogP contribution is 2.34. The second kappa shape index (κ2) is 11.5. The lowest BCUT2D eigenvalue weighted by Gasteiger charge is -2.50. The molecule has 2 unspecified atom stereocenters. The maximum atomic E-state index is 6.10. The van der Waals surface area contributed by atoms with Gasteiger partial charge in [0.1, 0.15) is 0 Å². The largest absolute Gasteiger partial charge is 0.379 e. The molecule has 0 amide bonds. The summed E-state index contributed by atoms with van der Waals surface area (Å²) in [5.41, 5.74) is 0.323. The van der Waals surface area contributed by atoms with Gasteiger partial charge in [-0.05, 0) is 73.3 Å². The smallest absolute Gasteiger partial charge is 0.0569 e. The zero-order valence-electron chi connectivity index (χ0n) is 18.1. The zero-order valence-corrected chi connectivity index (χ0v) is 18.1. The average molecular weight is 344 g/mol. The van der Waals surface area contributed by atoms with Gasteiger partial charge in [0.15, 0.2) is 0 Å². The van der Waals surface area contributed by atoms with E-state index in [0.717, 1.165) is 51.7 Å². The molecule has 0 heterocycles. The van der Waals surface area contributed by atoms with Crippen molar-refractivity contribution >= 4 is 0 Å². The number of rotatable bonds is 14. The third-order valence-corrected chi connectivity index (χ3v) is 6.14. The molecular formula is C21H45NO2. The van der Waals surface area contributed by atoms with Crippen LogP contribution in [0.4, 0.5) is 0 Å². The molecule has 0 fully saturated rings. The highest BCUT2D eigenvalue weighted by molar-refractivity contribution is 4.94. The van der Waals surface area contributed by atoms with Crippen LogP contribution in [0, 0.1) is 0 Å².